The molecule has 0 aliphatic carbocycles. The highest BCUT2D eigenvalue weighted by Gasteiger charge is 2.37. The van der Waals surface area contributed by atoms with Crippen molar-refractivity contribution in [3.05, 3.63) is 17.5 Å². The molecule has 1 aromatic heterocycles. The van der Waals surface area contributed by atoms with Crippen LogP contribution in [0.25, 0.3) is 0 Å². The van der Waals surface area contributed by atoms with E-state index in [0.717, 1.165) is 10.9 Å². The van der Waals surface area contributed by atoms with Crippen LogP contribution in [-0.2, 0) is 17.5 Å². The molecular weight excluding hydrogens is 227 g/mol. The zero-order chi connectivity index (χ0) is 12.3. The van der Waals surface area contributed by atoms with Crippen LogP contribution in [0.4, 0.5) is 13.2 Å². The van der Waals surface area contributed by atoms with Crippen molar-refractivity contribution in [3.63, 3.8) is 0 Å². The van der Waals surface area contributed by atoms with Crippen molar-refractivity contribution < 1.29 is 22.8 Å². The van der Waals surface area contributed by atoms with E-state index in [9.17, 15) is 22.8 Å². The number of carbonyl (C=O) groups excluding carboxylic acids is 2. The molecule has 0 saturated carbocycles. The van der Waals surface area contributed by atoms with Crippen LogP contribution in [0, 0.1) is 0 Å². The van der Waals surface area contributed by atoms with Crippen molar-refractivity contribution in [1.29, 1.82) is 0 Å². The molecule has 0 radical (unpaired) electrons. The molecule has 0 atom stereocenters. The van der Waals surface area contributed by atoms with Crippen LogP contribution >= 0.6 is 0 Å². The van der Waals surface area contributed by atoms with Gasteiger partial charge >= 0.3 is 6.18 Å². The fraction of sp³-hybridized carbons (Fsp3) is 0.375. The first-order valence-corrected chi connectivity index (χ1v) is 4.22. The Kier molecular flexibility index (Phi) is 3.31. The van der Waals surface area contributed by atoms with Gasteiger partial charge in [-0.2, -0.15) is 18.3 Å². The molecule has 16 heavy (non-hydrogen) atoms. The van der Waals surface area contributed by atoms with Gasteiger partial charge in [0.15, 0.2) is 12.0 Å². The number of aromatic nitrogens is 2. The third-order valence-corrected chi connectivity index (χ3v) is 1.77. The lowest BCUT2D eigenvalue weighted by Gasteiger charge is -2.02. The smallest absolute Gasteiger partial charge is 0.370 e. The van der Waals surface area contributed by atoms with E-state index in [1.807, 2.05) is 0 Å². The number of alkyl halides is 3. The lowest BCUT2D eigenvalue weighted by molar-refractivity contribution is -0.141. The molecule has 1 rings (SSSR count). The Morgan fingerprint density at radius 2 is 2.19 bits per heavy atom. The number of carbonyl (C=O) groups is 2. The molecule has 0 saturated heterocycles. The van der Waals surface area contributed by atoms with Gasteiger partial charge in [0.2, 0.25) is 5.91 Å². The van der Waals surface area contributed by atoms with Gasteiger partial charge in [-0.3, -0.25) is 14.3 Å². The normalized spacial score (nSPS) is 11.4. The summed E-state index contributed by atoms with van der Waals surface area (Å²) in [5, 5.41) is 3.18. The first-order chi connectivity index (χ1) is 7.34. The second-order valence-corrected chi connectivity index (χ2v) is 3.03. The Bertz CT molecular complexity index is 411. The summed E-state index contributed by atoms with van der Waals surface area (Å²) in [5.74, 6) is -0.656. The zero-order valence-electron chi connectivity index (χ0n) is 7.99. The zero-order valence-corrected chi connectivity index (χ0v) is 7.99. The van der Waals surface area contributed by atoms with E-state index in [1.54, 1.807) is 0 Å². The van der Waals surface area contributed by atoms with Gasteiger partial charge in [-0.25, -0.2) is 0 Å². The summed E-state index contributed by atoms with van der Waals surface area (Å²) < 4.78 is 37.8. The number of hydrogen-bond donors (Lipinski definition) is 1. The second kappa shape index (κ2) is 4.33. The fourth-order valence-electron chi connectivity index (χ4n) is 1.08. The molecule has 1 heterocycles. The Hall–Kier alpha value is -1.86. The van der Waals surface area contributed by atoms with Crippen LogP contribution in [-0.4, -0.2) is 22.0 Å². The standard InChI is InChI=1S/C8H8F3N3O2/c9-8(10,11)7-5(4-15)3-14(13-7)2-1-6(12)16/h3-4H,1-2H2,(H2,12,16). The van der Waals surface area contributed by atoms with Crippen molar-refractivity contribution in [2.45, 2.75) is 19.1 Å². The fourth-order valence-corrected chi connectivity index (χ4v) is 1.08. The first kappa shape index (κ1) is 12.2. The maximum Gasteiger partial charge on any atom is 0.435 e. The number of rotatable bonds is 4. The van der Waals surface area contributed by atoms with E-state index in [2.05, 4.69) is 5.10 Å². The molecule has 0 spiro atoms. The molecule has 5 nitrogen and oxygen atoms in total. The lowest BCUT2D eigenvalue weighted by Crippen LogP contribution is -2.15. The van der Waals surface area contributed by atoms with E-state index < -0.39 is 23.3 Å². The Labute approximate surface area is 88.0 Å². The summed E-state index contributed by atoms with van der Waals surface area (Å²) in [4.78, 5) is 20.8. The number of amides is 1. The summed E-state index contributed by atoms with van der Waals surface area (Å²) in [5.41, 5.74) is 3.02. The van der Waals surface area contributed by atoms with Gasteiger partial charge < -0.3 is 5.73 Å². The van der Waals surface area contributed by atoms with Gasteiger partial charge in [0.25, 0.3) is 0 Å². The van der Waals surface area contributed by atoms with Crippen LogP contribution in [0.3, 0.4) is 0 Å². The van der Waals surface area contributed by atoms with Gasteiger partial charge in [0.05, 0.1) is 5.56 Å². The molecule has 0 aliphatic heterocycles. The topological polar surface area (TPSA) is 78.0 Å². The molecular formula is C8H8F3N3O2. The molecule has 0 bridgehead atoms. The number of aryl methyl sites for hydroxylation is 1. The molecule has 1 aromatic rings. The van der Waals surface area contributed by atoms with Gasteiger partial charge in [-0.05, 0) is 0 Å². The second-order valence-electron chi connectivity index (χ2n) is 3.03. The van der Waals surface area contributed by atoms with E-state index in [1.165, 1.54) is 0 Å². The van der Waals surface area contributed by atoms with Crippen molar-refractivity contribution in [3.8, 4) is 0 Å². The van der Waals surface area contributed by atoms with Gasteiger partial charge in [-0.15, -0.1) is 0 Å². The van der Waals surface area contributed by atoms with Gasteiger partial charge in [0, 0.05) is 19.2 Å². The van der Waals surface area contributed by atoms with Gasteiger partial charge in [0.1, 0.15) is 0 Å². The number of halogens is 3. The van der Waals surface area contributed by atoms with Crippen LogP contribution in [0.15, 0.2) is 6.20 Å². The van der Waals surface area contributed by atoms with E-state index in [-0.39, 0.29) is 19.3 Å². The Balaban J connectivity index is 2.94. The van der Waals surface area contributed by atoms with Crippen molar-refractivity contribution in [1.82, 2.24) is 9.78 Å². The minimum Gasteiger partial charge on any atom is -0.370 e. The third-order valence-electron chi connectivity index (χ3n) is 1.77. The minimum absolute atomic E-state index is 0.0661. The average molecular weight is 235 g/mol. The monoisotopic (exact) mass is 235 g/mol. The number of nitrogens with two attached hydrogens (primary N) is 1. The SMILES string of the molecule is NC(=O)CCn1cc(C=O)c(C(F)(F)F)n1. The number of hydrogen-bond acceptors (Lipinski definition) is 3. The van der Waals surface area contributed by atoms with Crippen molar-refractivity contribution in [2.75, 3.05) is 0 Å². The van der Waals surface area contributed by atoms with Crippen molar-refractivity contribution >= 4 is 12.2 Å². The number of primary amides is 1. The molecule has 0 aliphatic rings. The molecule has 1 amide bonds. The minimum atomic E-state index is -4.69. The predicted molar refractivity (Wildman–Crippen MR) is 46.4 cm³/mol. The molecule has 0 fully saturated rings. The molecule has 8 heteroatoms. The van der Waals surface area contributed by atoms with Crippen LogP contribution in [0.1, 0.15) is 22.5 Å². The molecule has 0 unspecified atom stereocenters. The van der Waals surface area contributed by atoms with Gasteiger partial charge in [-0.1, -0.05) is 0 Å². The summed E-state index contributed by atoms with van der Waals surface area (Å²) in [7, 11) is 0. The summed E-state index contributed by atoms with van der Waals surface area (Å²) in [6.07, 6.45) is -3.83. The average Bonchev–Trinajstić information content (AvgIpc) is 2.57. The number of nitrogens with zero attached hydrogens (tertiary/aromatic N) is 2. The maximum atomic E-state index is 12.3. The van der Waals surface area contributed by atoms with E-state index in [0.29, 0.717) is 0 Å². The Morgan fingerprint density at radius 1 is 1.56 bits per heavy atom. The summed E-state index contributed by atoms with van der Waals surface area (Å²) in [6, 6.07) is 0. The van der Waals surface area contributed by atoms with Crippen LogP contribution in [0.5, 0.6) is 0 Å². The summed E-state index contributed by atoms with van der Waals surface area (Å²) >= 11 is 0. The molecule has 0 aromatic carbocycles. The highest BCUT2D eigenvalue weighted by molar-refractivity contribution is 5.76. The van der Waals surface area contributed by atoms with Crippen LogP contribution in [0.2, 0.25) is 0 Å². The first-order valence-electron chi connectivity index (χ1n) is 4.22. The summed E-state index contributed by atoms with van der Waals surface area (Å²) in [6.45, 7) is -0.0910. The quantitative estimate of drug-likeness (QED) is 0.776. The molecule has 2 N–H and O–H groups in total. The Morgan fingerprint density at radius 3 is 2.56 bits per heavy atom. The predicted octanol–water partition coefficient (Wildman–Crippen LogP) is 0.590. The van der Waals surface area contributed by atoms with Crippen molar-refractivity contribution in [2.24, 2.45) is 5.73 Å². The third kappa shape index (κ3) is 2.81. The van der Waals surface area contributed by atoms with Crippen LogP contribution < -0.4 is 5.73 Å². The largest absolute Gasteiger partial charge is 0.435 e. The van der Waals surface area contributed by atoms with E-state index in [4.69, 9.17) is 5.73 Å². The number of aldehydes is 1. The van der Waals surface area contributed by atoms with E-state index >= 15 is 0 Å². The lowest BCUT2D eigenvalue weighted by atomic mass is 10.3. The highest BCUT2D eigenvalue weighted by Crippen LogP contribution is 2.29. The maximum absolute atomic E-state index is 12.3. The highest BCUT2D eigenvalue weighted by atomic mass is 19.4. The molecule has 88 valence electrons.